The van der Waals surface area contributed by atoms with E-state index in [-0.39, 0.29) is 11.8 Å². The summed E-state index contributed by atoms with van der Waals surface area (Å²) < 4.78 is 12.0. The van der Waals surface area contributed by atoms with Crippen LogP contribution in [0.3, 0.4) is 0 Å². The maximum Gasteiger partial charge on any atom is 0.411 e. The largest absolute Gasteiger partial charge is 0.462 e. The molecular formula is C34H41ClN6O4. The molecule has 3 aromatic rings. The number of benzene rings is 2. The first-order chi connectivity index (χ1) is 21.6. The van der Waals surface area contributed by atoms with E-state index in [1.54, 1.807) is 4.90 Å². The van der Waals surface area contributed by atoms with Crippen LogP contribution in [-0.2, 0) is 22.5 Å². The number of likely N-dealkylation sites (N-methyl/N-ethyl adjacent to an activating group) is 1. The number of rotatable bonds is 5. The minimum atomic E-state index is -0.637. The fourth-order valence-corrected chi connectivity index (χ4v) is 7.62. The first-order valence-corrected chi connectivity index (χ1v) is 16.4. The first-order valence-electron chi connectivity index (χ1n) is 16.0. The van der Waals surface area contributed by atoms with Gasteiger partial charge in [-0.15, -0.1) is 0 Å². The SMILES string of the molecule is CN1CCC[C@H]1COc1nc2c(c(N3CC4C(=O)C[C@H](C3)N4C(=O)OC(C)(C)C)n1)CCN(c1cccc3cccc(Cl)c13)C2. The molecule has 238 valence electrons. The number of aromatic nitrogens is 2. The number of anilines is 2. The van der Waals surface area contributed by atoms with Crippen molar-refractivity contribution in [3.8, 4) is 6.01 Å². The highest BCUT2D eigenvalue weighted by Crippen LogP contribution is 2.39. The molecule has 2 aromatic carbocycles. The average Bonchev–Trinajstić information content (AvgIpc) is 3.50. The third-order valence-electron chi connectivity index (χ3n) is 9.54. The molecule has 1 aromatic heterocycles. The molecule has 0 saturated carbocycles. The number of likely N-dealkylation sites (tertiary alicyclic amines) is 1. The van der Waals surface area contributed by atoms with Crippen molar-refractivity contribution in [2.75, 3.05) is 49.6 Å². The second-order valence-corrected chi connectivity index (χ2v) is 14.2. The quantitative estimate of drug-likeness (QED) is 0.382. The zero-order valence-corrected chi connectivity index (χ0v) is 27.2. The topological polar surface area (TPSA) is 91.3 Å². The summed E-state index contributed by atoms with van der Waals surface area (Å²) >= 11 is 6.72. The number of piperazine rings is 1. The summed E-state index contributed by atoms with van der Waals surface area (Å²) in [6, 6.07) is 12.1. The van der Waals surface area contributed by atoms with E-state index < -0.39 is 17.7 Å². The molecule has 45 heavy (non-hydrogen) atoms. The fraction of sp³-hybridized carbons (Fsp3) is 0.529. The molecule has 2 bridgehead atoms. The van der Waals surface area contributed by atoms with Gasteiger partial charge < -0.3 is 24.2 Å². The lowest BCUT2D eigenvalue weighted by molar-refractivity contribution is -0.119. The number of nitrogens with zero attached hydrogens (tertiary/aromatic N) is 6. The summed E-state index contributed by atoms with van der Waals surface area (Å²) in [7, 11) is 2.13. The van der Waals surface area contributed by atoms with Crippen LogP contribution in [-0.4, -0.2) is 95.2 Å². The van der Waals surface area contributed by atoms with Gasteiger partial charge >= 0.3 is 12.1 Å². The molecule has 3 atom stereocenters. The maximum absolute atomic E-state index is 13.1. The lowest BCUT2D eigenvalue weighted by Crippen LogP contribution is -2.58. The van der Waals surface area contributed by atoms with Gasteiger partial charge in [0.15, 0.2) is 5.78 Å². The lowest BCUT2D eigenvalue weighted by atomic mass is 10.0. The number of carbonyl (C=O) groups is 2. The maximum atomic E-state index is 13.1. The van der Waals surface area contributed by atoms with Crippen LogP contribution < -0.4 is 14.5 Å². The molecule has 1 amide bonds. The van der Waals surface area contributed by atoms with E-state index in [9.17, 15) is 9.59 Å². The van der Waals surface area contributed by atoms with Gasteiger partial charge in [0.25, 0.3) is 0 Å². The molecule has 0 N–H and O–H groups in total. The molecule has 11 heteroatoms. The molecule has 0 aliphatic carbocycles. The summed E-state index contributed by atoms with van der Waals surface area (Å²) in [5, 5.41) is 2.86. The van der Waals surface area contributed by atoms with Crippen molar-refractivity contribution >= 4 is 45.8 Å². The molecule has 10 nitrogen and oxygen atoms in total. The van der Waals surface area contributed by atoms with E-state index in [4.69, 9.17) is 31.0 Å². The summed E-state index contributed by atoms with van der Waals surface area (Å²) in [5.74, 6) is 0.870. The number of fused-ring (bicyclic) bond motifs is 4. The number of amides is 1. The monoisotopic (exact) mass is 632 g/mol. The zero-order chi connectivity index (χ0) is 31.5. The summed E-state index contributed by atoms with van der Waals surface area (Å²) in [5.41, 5.74) is 2.43. The molecule has 3 fully saturated rings. The van der Waals surface area contributed by atoms with E-state index in [1.165, 1.54) is 0 Å². The van der Waals surface area contributed by atoms with Crippen LogP contribution in [0.15, 0.2) is 36.4 Å². The van der Waals surface area contributed by atoms with Gasteiger partial charge in [0.2, 0.25) is 0 Å². The van der Waals surface area contributed by atoms with Gasteiger partial charge in [0.05, 0.1) is 23.3 Å². The van der Waals surface area contributed by atoms with Crippen LogP contribution in [0.1, 0.15) is 51.3 Å². The van der Waals surface area contributed by atoms with Crippen molar-refractivity contribution in [2.24, 2.45) is 0 Å². The average molecular weight is 633 g/mol. The Labute approximate surface area is 269 Å². The molecule has 0 radical (unpaired) electrons. The van der Waals surface area contributed by atoms with Gasteiger partial charge in [-0.2, -0.15) is 9.97 Å². The Morgan fingerprint density at radius 3 is 2.60 bits per heavy atom. The van der Waals surface area contributed by atoms with Gasteiger partial charge in [-0.05, 0) is 71.1 Å². The number of Topliss-reactive ketones (excluding diaryl/α,β-unsaturated/α-hetero) is 1. The number of hydrogen-bond donors (Lipinski definition) is 0. The Morgan fingerprint density at radius 2 is 1.87 bits per heavy atom. The van der Waals surface area contributed by atoms with E-state index in [0.717, 1.165) is 70.9 Å². The molecule has 0 spiro atoms. The van der Waals surface area contributed by atoms with E-state index in [1.807, 2.05) is 32.9 Å². The van der Waals surface area contributed by atoms with Gasteiger partial charge in [-0.25, -0.2) is 4.79 Å². The van der Waals surface area contributed by atoms with Crippen molar-refractivity contribution in [2.45, 2.75) is 76.7 Å². The Hall–Kier alpha value is -3.63. The number of ether oxygens (including phenoxy) is 2. The standard InChI is InChI=1S/C34H41ClN6O4/c1-34(2,3)45-33(43)41-23-16-29(42)28(41)19-40(17-23)31-24-13-15-39(27-12-6-9-21-8-5-11-25(35)30(21)27)18-26(24)36-32(37-31)44-20-22-10-7-14-38(22)4/h5-6,8-9,11-12,22-23,28H,7,10,13-20H2,1-4H3/t22-,23+,28?/m0/s1. The second-order valence-electron chi connectivity index (χ2n) is 13.8. The second kappa shape index (κ2) is 11.6. The predicted octanol–water partition coefficient (Wildman–Crippen LogP) is 5.09. The van der Waals surface area contributed by atoms with E-state index >= 15 is 0 Å². The number of halogens is 1. The molecular weight excluding hydrogens is 592 g/mol. The smallest absolute Gasteiger partial charge is 0.411 e. The predicted molar refractivity (Wildman–Crippen MR) is 174 cm³/mol. The Bertz CT molecular complexity index is 1640. The van der Waals surface area contributed by atoms with Crippen LogP contribution in [0.4, 0.5) is 16.3 Å². The van der Waals surface area contributed by atoms with Crippen LogP contribution >= 0.6 is 11.6 Å². The van der Waals surface area contributed by atoms with Gasteiger partial charge in [0.1, 0.15) is 24.1 Å². The third-order valence-corrected chi connectivity index (χ3v) is 9.85. The molecule has 3 saturated heterocycles. The van der Waals surface area contributed by atoms with Gasteiger partial charge in [-0.3, -0.25) is 9.69 Å². The molecule has 1 unspecified atom stereocenters. The summed E-state index contributed by atoms with van der Waals surface area (Å²) in [6.07, 6.45) is 2.86. The molecule has 4 aliphatic heterocycles. The van der Waals surface area contributed by atoms with Crippen molar-refractivity contribution in [1.29, 1.82) is 0 Å². The van der Waals surface area contributed by atoms with Crippen LogP contribution in [0.2, 0.25) is 5.02 Å². The zero-order valence-electron chi connectivity index (χ0n) is 26.5. The summed E-state index contributed by atoms with van der Waals surface area (Å²) in [6.45, 7) is 9.33. The Morgan fingerprint density at radius 1 is 1.07 bits per heavy atom. The van der Waals surface area contributed by atoms with Crippen molar-refractivity contribution in [3.63, 3.8) is 0 Å². The van der Waals surface area contributed by atoms with Gasteiger partial charge in [0, 0.05) is 48.7 Å². The van der Waals surface area contributed by atoms with E-state index in [0.29, 0.717) is 44.7 Å². The minimum Gasteiger partial charge on any atom is -0.462 e. The highest BCUT2D eigenvalue weighted by atomic mass is 35.5. The van der Waals surface area contributed by atoms with E-state index in [2.05, 4.69) is 46.0 Å². The van der Waals surface area contributed by atoms with Gasteiger partial charge in [-0.1, -0.05) is 35.9 Å². The Balaban J connectivity index is 1.21. The van der Waals surface area contributed by atoms with Crippen molar-refractivity contribution in [1.82, 2.24) is 19.8 Å². The lowest BCUT2D eigenvalue weighted by Gasteiger charge is -2.42. The summed E-state index contributed by atoms with van der Waals surface area (Å²) in [4.78, 5) is 44.7. The fourth-order valence-electron chi connectivity index (χ4n) is 7.34. The number of hydrogen-bond acceptors (Lipinski definition) is 9. The highest BCUT2D eigenvalue weighted by molar-refractivity contribution is 6.36. The molecule has 5 heterocycles. The van der Waals surface area contributed by atoms with Crippen LogP contribution in [0.5, 0.6) is 6.01 Å². The Kier molecular flexibility index (Phi) is 7.76. The normalized spacial score (nSPS) is 23.5. The van der Waals surface area contributed by atoms with Crippen LogP contribution in [0, 0.1) is 0 Å². The first kappa shape index (κ1) is 30.0. The van der Waals surface area contributed by atoms with Crippen molar-refractivity contribution < 1.29 is 19.1 Å². The molecule has 7 rings (SSSR count). The molecule has 4 aliphatic rings. The minimum absolute atomic E-state index is 0.0658. The number of carbonyl (C=O) groups excluding carboxylic acids is 2. The highest BCUT2D eigenvalue weighted by Gasteiger charge is 2.50. The van der Waals surface area contributed by atoms with Crippen LogP contribution in [0.25, 0.3) is 10.8 Å². The number of ketones is 1. The third kappa shape index (κ3) is 5.78. The van der Waals surface area contributed by atoms with Crippen molar-refractivity contribution in [3.05, 3.63) is 52.7 Å².